The molecule has 0 bridgehead atoms. The number of hydrogen-bond donors (Lipinski definition) is 1. The van der Waals surface area contributed by atoms with E-state index in [0.29, 0.717) is 0 Å². The van der Waals surface area contributed by atoms with Crippen LogP contribution in [0.2, 0.25) is 0 Å². The van der Waals surface area contributed by atoms with E-state index in [4.69, 9.17) is 0 Å². The van der Waals surface area contributed by atoms with Gasteiger partial charge in [-0.3, -0.25) is 4.79 Å². The van der Waals surface area contributed by atoms with E-state index in [9.17, 15) is 13.6 Å². The lowest BCUT2D eigenvalue weighted by Gasteiger charge is -2.25. The first kappa shape index (κ1) is 11.9. The fourth-order valence-electron chi connectivity index (χ4n) is 1.52. The summed E-state index contributed by atoms with van der Waals surface area (Å²) < 4.78 is 26.7. The maximum Gasteiger partial charge on any atom is 0.324 e. The number of halogens is 2. The number of rotatable bonds is 5. The predicted octanol–water partition coefficient (Wildman–Crippen LogP) is 0.736. The van der Waals surface area contributed by atoms with Gasteiger partial charge in [-0.1, -0.05) is 12.1 Å². The van der Waals surface area contributed by atoms with Crippen LogP contribution < -0.4 is 0 Å². The minimum Gasteiger partial charge on any atom is -0.327 e. The third-order valence-corrected chi connectivity index (χ3v) is 2.71. The van der Waals surface area contributed by atoms with Crippen LogP contribution in [0, 0.1) is 0 Å². The molecule has 1 N–H and O–H groups in total. The van der Waals surface area contributed by atoms with Crippen LogP contribution in [-0.4, -0.2) is 43.4 Å². The van der Waals surface area contributed by atoms with Crippen LogP contribution in [0.15, 0.2) is 0 Å². The molecule has 0 atom stereocenters. The average molecular weight is 245 g/mol. The second kappa shape index (κ2) is 4.34. The van der Waals surface area contributed by atoms with Crippen molar-refractivity contribution in [3.05, 3.63) is 5.82 Å². The molecule has 17 heavy (non-hydrogen) atoms. The first-order valence-corrected chi connectivity index (χ1v) is 5.46. The molecule has 0 unspecified atom stereocenters. The SMILES string of the molecule is CCC(F)(F)C(=O)N(Cc1nn[nH]n1)C1CC1. The van der Waals surface area contributed by atoms with Crippen LogP contribution in [0.25, 0.3) is 0 Å². The third-order valence-electron chi connectivity index (χ3n) is 2.71. The number of nitrogens with one attached hydrogen (secondary N) is 1. The lowest BCUT2D eigenvalue weighted by molar-refractivity contribution is -0.159. The van der Waals surface area contributed by atoms with Crippen molar-refractivity contribution >= 4 is 5.91 Å². The quantitative estimate of drug-likeness (QED) is 0.830. The van der Waals surface area contributed by atoms with Gasteiger partial charge in [0.25, 0.3) is 5.91 Å². The number of carbonyl (C=O) groups is 1. The van der Waals surface area contributed by atoms with E-state index in [1.165, 1.54) is 6.92 Å². The number of tetrazole rings is 1. The number of alkyl halides is 2. The summed E-state index contributed by atoms with van der Waals surface area (Å²) in [5, 5.41) is 12.9. The molecule has 1 aromatic heterocycles. The van der Waals surface area contributed by atoms with Crippen LogP contribution in [-0.2, 0) is 11.3 Å². The van der Waals surface area contributed by atoms with E-state index in [1.54, 1.807) is 0 Å². The van der Waals surface area contributed by atoms with Crippen LogP contribution in [0.4, 0.5) is 8.78 Å². The molecule has 0 saturated heterocycles. The van der Waals surface area contributed by atoms with Gasteiger partial charge in [0, 0.05) is 12.5 Å². The van der Waals surface area contributed by atoms with Crippen molar-refractivity contribution in [2.75, 3.05) is 0 Å². The molecule has 1 aliphatic carbocycles. The Kier molecular flexibility index (Phi) is 3.03. The highest BCUT2D eigenvalue weighted by atomic mass is 19.3. The summed E-state index contributed by atoms with van der Waals surface area (Å²) in [6.45, 7) is 1.27. The predicted molar refractivity (Wildman–Crippen MR) is 53.0 cm³/mol. The highest BCUT2D eigenvalue weighted by molar-refractivity contribution is 5.83. The summed E-state index contributed by atoms with van der Waals surface area (Å²) in [4.78, 5) is 12.8. The normalized spacial score (nSPS) is 15.9. The van der Waals surface area contributed by atoms with Crippen molar-refractivity contribution in [2.24, 2.45) is 0 Å². The van der Waals surface area contributed by atoms with E-state index in [0.717, 1.165) is 17.7 Å². The Hall–Kier alpha value is -1.60. The number of nitrogens with zero attached hydrogens (tertiary/aromatic N) is 4. The van der Waals surface area contributed by atoms with Crippen LogP contribution in [0.3, 0.4) is 0 Å². The van der Waals surface area contributed by atoms with Gasteiger partial charge >= 0.3 is 5.92 Å². The first-order valence-electron chi connectivity index (χ1n) is 5.46. The highest BCUT2D eigenvalue weighted by Gasteiger charge is 2.45. The van der Waals surface area contributed by atoms with Crippen molar-refractivity contribution in [3.8, 4) is 0 Å². The van der Waals surface area contributed by atoms with Gasteiger partial charge in [-0.05, 0) is 12.8 Å². The average Bonchev–Trinajstić information content (AvgIpc) is 3.03. The van der Waals surface area contributed by atoms with Crippen molar-refractivity contribution in [2.45, 2.75) is 44.7 Å². The molecule has 1 aliphatic rings. The molecule has 94 valence electrons. The first-order chi connectivity index (χ1) is 8.04. The second-order valence-corrected chi connectivity index (χ2v) is 4.05. The molecule has 1 saturated carbocycles. The Morgan fingerprint density at radius 2 is 2.29 bits per heavy atom. The van der Waals surface area contributed by atoms with Gasteiger partial charge in [0.2, 0.25) is 0 Å². The van der Waals surface area contributed by atoms with E-state index in [2.05, 4.69) is 20.6 Å². The molecule has 1 heterocycles. The standard InChI is InChI=1S/C9H13F2N5O/c1-2-9(10,11)8(17)16(6-3-4-6)5-7-12-14-15-13-7/h6H,2-5H2,1H3,(H,12,13,14,15). The lowest BCUT2D eigenvalue weighted by atomic mass is 10.2. The number of aromatic amines is 1. The molecule has 8 heteroatoms. The Labute approximate surface area is 96.4 Å². The van der Waals surface area contributed by atoms with Crippen LogP contribution in [0.1, 0.15) is 32.0 Å². The molecular weight excluding hydrogens is 232 g/mol. The monoisotopic (exact) mass is 245 g/mol. The zero-order valence-electron chi connectivity index (χ0n) is 9.36. The molecule has 0 aromatic carbocycles. The molecule has 1 fully saturated rings. The van der Waals surface area contributed by atoms with Gasteiger partial charge in [0.1, 0.15) is 0 Å². The number of aromatic nitrogens is 4. The Morgan fingerprint density at radius 1 is 1.59 bits per heavy atom. The Bertz CT molecular complexity index is 390. The summed E-state index contributed by atoms with van der Waals surface area (Å²) in [6.07, 6.45) is 1.01. The van der Waals surface area contributed by atoms with Gasteiger partial charge in [-0.2, -0.15) is 14.0 Å². The van der Waals surface area contributed by atoms with E-state index in [-0.39, 0.29) is 18.4 Å². The van der Waals surface area contributed by atoms with E-state index < -0.39 is 18.3 Å². The molecule has 6 nitrogen and oxygen atoms in total. The second-order valence-electron chi connectivity index (χ2n) is 4.05. The Morgan fingerprint density at radius 3 is 2.76 bits per heavy atom. The van der Waals surface area contributed by atoms with Crippen molar-refractivity contribution in [1.29, 1.82) is 0 Å². The molecule has 0 spiro atoms. The Balaban J connectivity index is 2.10. The summed E-state index contributed by atoms with van der Waals surface area (Å²) in [7, 11) is 0. The summed E-state index contributed by atoms with van der Waals surface area (Å²) in [5.41, 5.74) is 0. The molecular formula is C9H13F2N5O. The minimum atomic E-state index is -3.31. The highest BCUT2D eigenvalue weighted by Crippen LogP contribution is 2.32. The number of H-pyrrole nitrogens is 1. The molecule has 1 amide bonds. The van der Waals surface area contributed by atoms with Gasteiger partial charge in [0.05, 0.1) is 6.54 Å². The lowest BCUT2D eigenvalue weighted by Crippen LogP contribution is -2.44. The largest absolute Gasteiger partial charge is 0.327 e. The molecule has 1 aromatic rings. The number of hydrogen-bond acceptors (Lipinski definition) is 4. The van der Waals surface area contributed by atoms with Crippen LogP contribution >= 0.6 is 0 Å². The third kappa shape index (κ3) is 2.56. The zero-order chi connectivity index (χ0) is 12.5. The summed E-state index contributed by atoms with van der Waals surface area (Å²) >= 11 is 0. The number of carbonyl (C=O) groups excluding carboxylic acids is 1. The van der Waals surface area contributed by atoms with Gasteiger partial charge in [0.15, 0.2) is 5.82 Å². The fraction of sp³-hybridized carbons (Fsp3) is 0.778. The van der Waals surface area contributed by atoms with Gasteiger partial charge in [-0.25, -0.2) is 0 Å². The van der Waals surface area contributed by atoms with Crippen molar-refractivity contribution < 1.29 is 13.6 Å². The van der Waals surface area contributed by atoms with Gasteiger partial charge < -0.3 is 4.90 Å². The smallest absolute Gasteiger partial charge is 0.324 e. The van der Waals surface area contributed by atoms with E-state index >= 15 is 0 Å². The maximum absolute atomic E-state index is 13.4. The molecule has 0 radical (unpaired) electrons. The maximum atomic E-state index is 13.4. The molecule has 0 aliphatic heterocycles. The van der Waals surface area contributed by atoms with Crippen molar-refractivity contribution in [1.82, 2.24) is 25.5 Å². The van der Waals surface area contributed by atoms with Crippen LogP contribution in [0.5, 0.6) is 0 Å². The van der Waals surface area contributed by atoms with Gasteiger partial charge in [-0.15, -0.1) is 10.2 Å². The fourth-order valence-corrected chi connectivity index (χ4v) is 1.52. The van der Waals surface area contributed by atoms with Crippen molar-refractivity contribution in [3.63, 3.8) is 0 Å². The zero-order valence-corrected chi connectivity index (χ0v) is 9.36. The summed E-state index contributed by atoms with van der Waals surface area (Å²) in [5.74, 6) is -4.21. The summed E-state index contributed by atoms with van der Waals surface area (Å²) in [6, 6.07) is -0.113. The number of amides is 1. The topological polar surface area (TPSA) is 74.8 Å². The minimum absolute atomic E-state index is 0.0183. The molecule has 2 rings (SSSR count). The van der Waals surface area contributed by atoms with E-state index in [1.807, 2.05) is 0 Å².